The molecule has 3 rings (SSSR count). The van der Waals surface area contributed by atoms with Gasteiger partial charge in [-0.15, -0.1) is 0 Å². The van der Waals surface area contributed by atoms with Crippen molar-refractivity contribution in [3.05, 3.63) is 54.1 Å². The van der Waals surface area contributed by atoms with Crippen molar-refractivity contribution >= 4 is 15.9 Å². The zero-order chi connectivity index (χ0) is 13.5. The van der Waals surface area contributed by atoms with Crippen molar-refractivity contribution in [1.29, 1.82) is 0 Å². The number of hydrogen-bond donors (Lipinski definition) is 0. The van der Waals surface area contributed by atoms with Crippen molar-refractivity contribution in [2.75, 3.05) is 5.75 Å². The van der Waals surface area contributed by atoms with E-state index in [4.69, 9.17) is 4.18 Å². The number of hydrogen-bond acceptors (Lipinski definition) is 4. The van der Waals surface area contributed by atoms with Gasteiger partial charge in [0, 0.05) is 5.56 Å². The van der Waals surface area contributed by atoms with Crippen molar-refractivity contribution in [3.63, 3.8) is 0 Å². The van der Waals surface area contributed by atoms with Gasteiger partial charge in [0.1, 0.15) is 5.75 Å². The molecule has 1 aliphatic rings. The summed E-state index contributed by atoms with van der Waals surface area (Å²) in [6, 6.07) is 14.3. The van der Waals surface area contributed by atoms with Gasteiger partial charge in [-0.05, 0) is 11.6 Å². The summed E-state index contributed by atoms with van der Waals surface area (Å²) in [5.41, 5.74) is 1.73. The highest BCUT2D eigenvalue weighted by Crippen LogP contribution is 2.36. The van der Waals surface area contributed by atoms with Gasteiger partial charge in [-0.1, -0.05) is 42.5 Å². The number of Topliss-reactive ketones (excluding diaryl/α,β-unsaturated/α-hetero) is 1. The molecule has 0 fully saturated rings. The SMILES string of the molecule is O=C1CS(=O)(=O)Oc2c1cccc2-c1ccccc1. The minimum atomic E-state index is -3.83. The normalized spacial score (nSPS) is 16.5. The van der Waals surface area contributed by atoms with Crippen LogP contribution in [0.3, 0.4) is 0 Å². The predicted octanol–water partition coefficient (Wildman–Crippen LogP) is 2.26. The van der Waals surface area contributed by atoms with Crippen LogP contribution in [0, 0.1) is 0 Å². The van der Waals surface area contributed by atoms with E-state index in [1.54, 1.807) is 18.2 Å². The monoisotopic (exact) mass is 274 g/mol. The van der Waals surface area contributed by atoms with Crippen molar-refractivity contribution in [3.8, 4) is 16.9 Å². The molecule has 0 bridgehead atoms. The number of rotatable bonds is 1. The first-order valence-electron chi connectivity index (χ1n) is 5.71. The second-order valence-corrected chi connectivity index (χ2v) is 5.83. The van der Waals surface area contributed by atoms with E-state index >= 15 is 0 Å². The number of fused-ring (bicyclic) bond motifs is 1. The second-order valence-electron chi connectivity index (χ2n) is 4.26. The Kier molecular flexibility index (Phi) is 2.64. The van der Waals surface area contributed by atoms with Crippen LogP contribution in [-0.4, -0.2) is 20.0 Å². The summed E-state index contributed by atoms with van der Waals surface area (Å²) in [7, 11) is -3.83. The first-order chi connectivity index (χ1) is 9.07. The van der Waals surface area contributed by atoms with E-state index in [1.165, 1.54) is 0 Å². The zero-order valence-electron chi connectivity index (χ0n) is 9.87. The maximum absolute atomic E-state index is 11.8. The topological polar surface area (TPSA) is 60.4 Å². The smallest absolute Gasteiger partial charge is 0.316 e. The number of carbonyl (C=O) groups excluding carboxylic acids is 1. The Balaban J connectivity index is 2.25. The van der Waals surface area contributed by atoms with Crippen molar-refractivity contribution < 1.29 is 17.4 Å². The Hall–Kier alpha value is -2.14. The summed E-state index contributed by atoms with van der Waals surface area (Å²) in [5, 5.41) is 0. The van der Waals surface area contributed by atoms with Crippen LogP contribution >= 0.6 is 0 Å². The molecule has 0 aliphatic carbocycles. The lowest BCUT2D eigenvalue weighted by Gasteiger charge is -2.19. The Morgan fingerprint density at radius 2 is 1.58 bits per heavy atom. The molecule has 0 aromatic heterocycles. The third-order valence-electron chi connectivity index (χ3n) is 2.92. The second kappa shape index (κ2) is 4.20. The number of carbonyl (C=O) groups is 1. The van der Waals surface area contributed by atoms with Gasteiger partial charge in [0.15, 0.2) is 11.5 Å². The van der Waals surface area contributed by atoms with Crippen LogP contribution in [0.5, 0.6) is 5.75 Å². The van der Waals surface area contributed by atoms with Crippen molar-refractivity contribution in [1.82, 2.24) is 0 Å². The molecule has 1 aliphatic heterocycles. The fourth-order valence-corrected chi connectivity index (χ4v) is 3.06. The zero-order valence-corrected chi connectivity index (χ0v) is 10.7. The first kappa shape index (κ1) is 11.9. The van der Waals surface area contributed by atoms with Gasteiger partial charge in [-0.25, -0.2) is 0 Å². The van der Waals surface area contributed by atoms with Crippen LogP contribution in [0.4, 0.5) is 0 Å². The maximum atomic E-state index is 11.8. The standard InChI is InChI=1S/C14H10O4S/c15-13-9-19(16,17)18-14-11(7-4-8-12(13)14)10-5-2-1-3-6-10/h1-8H,9H2. The average molecular weight is 274 g/mol. The lowest BCUT2D eigenvalue weighted by atomic mass is 10.00. The third kappa shape index (κ3) is 2.13. The van der Waals surface area contributed by atoms with E-state index < -0.39 is 21.7 Å². The fourth-order valence-electron chi connectivity index (χ4n) is 2.09. The third-order valence-corrected chi connectivity index (χ3v) is 3.95. The van der Waals surface area contributed by atoms with Gasteiger partial charge >= 0.3 is 10.1 Å². The van der Waals surface area contributed by atoms with Crippen LogP contribution in [0.1, 0.15) is 10.4 Å². The summed E-state index contributed by atoms with van der Waals surface area (Å²) < 4.78 is 28.2. The molecule has 2 aromatic rings. The fraction of sp³-hybridized carbons (Fsp3) is 0.0714. The summed E-state index contributed by atoms with van der Waals surface area (Å²) >= 11 is 0. The number of benzene rings is 2. The van der Waals surface area contributed by atoms with Crippen LogP contribution in [0.2, 0.25) is 0 Å². The van der Waals surface area contributed by atoms with Gasteiger partial charge in [0.2, 0.25) is 0 Å². The van der Waals surface area contributed by atoms with E-state index in [-0.39, 0.29) is 5.75 Å². The van der Waals surface area contributed by atoms with Crippen LogP contribution < -0.4 is 4.18 Å². The summed E-state index contributed by atoms with van der Waals surface area (Å²) in [5.74, 6) is -0.901. The molecule has 0 amide bonds. The average Bonchev–Trinajstić information content (AvgIpc) is 2.38. The number of ketones is 1. The largest absolute Gasteiger partial charge is 0.381 e. The minimum Gasteiger partial charge on any atom is -0.381 e. The predicted molar refractivity (Wildman–Crippen MR) is 70.6 cm³/mol. The Bertz CT molecular complexity index is 748. The van der Waals surface area contributed by atoms with E-state index in [1.807, 2.05) is 30.3 Å². The summed E-state index contributed by atoms with van der Waals surface area (Å²) in [6.07, 6.45) is 0. The summed E-state index contributed by atoms with van der Waals surface area (Å²) in [4.78, 5) is 11.8. The van der Waals surface area contributed by atoms with Crippen LogP contribution in [0.15, 0.2) is 48.5 Å². The van der Waals surface area contributed by atoms with Crippen molar-refractivity contribution in [2.24, 2.45) is 0 Å². The molecule has 5 heteroatoms. The van der Waals surface area contributed by atoms with Gasteiger partial charge in [0.25, 0.3) is 0 Å². The van der Waals surface area contributed by atoms with Gasteiger partial charge in [-0.3, -0.25) is 4.79 Å². The highest BCUT2D eigenvalue weighted by molar-refractivity contribution is 7.88. The highest BCUT2D eigenvalue weighted by atomic mass is 32.2. The molecule has 0 radical (unpaired) electrons. The maximum Gasteiger partial charge on any atom is 0.316 e. The molecule has 1 heterocycles. The molecule has 0 unspecified atom stereocenters. The molecule has 2 aromatic carbocycles. The van der Waals surface area contributed by atoms with Crippen LogP contribution in [0.25, 0.3) is 11.1 Å². The van der Waals surface area contributed by atoms with Gasteiger partial charge in [-0.2, -0.15) is 8.42 Å². The number of para-hydroxylation sites is 1. The molecular weight excluding hydrogens is 264 g/mol. The quantitative estimate of drug-likeness (QED) is 0.748. The van der Waals surface area contributed by atoms with E-state index in [2.05, 4.69) is 0 Å². The lowest BCUT2D eigenvalue weighted by Crippen LogP contribution is -2.27. The molecule has 19 heavy (non-hydrogen) atoms. The Morgan fingerprint density at radius 3 is 2.32 bits per heavy atom. The molecule has 4 nitrogen and oxygen atoms in total. The lowest BCUT2D eigenvalue weighted by molar-refractivity contribution is 0.101. The molecule has 0 saturated carbocycles. The molecule has 0 spiro atoms. The molecule has 0 saturated heterocycles. The van der Waals surface area contributed by atoms with Gasteiger partial charge in [0.05, 0.1) is 5.56 Å². The van der Waals surface area contributed by atoms with E-state index in [0.29, 0.717) is 11.1 Å². The first-order valence-corrected chi connectivity index (χ1v) is 7.28. The Morgan fingerprint density at radius 1 is 0.895 bits per heavy atom. The van der Waals surface area contributed by atoms with Crippen LogP contribution in [-0.2, 0) is 10.1 Å². The minimum absolute atomic E-state index is 0.130. The van der Waals surface area contributed by atoms with Gasteiger partial charge < -0.3 is 4.18 Å². The highest BCUT2D eigenvalue weighted by Gasteiger charge is 2.31. The van der Waals surface area contributed by atoms with E-state index in [0.717, 1.165) is 5.56 Å². The molecule has 0 N–H and O–H groups in total. The Labute approximate surface area is 110 Å². The van der Waals surface area contributed by atoms with E-state index in [9.17, 15) is 13.2 Å². The molecule has 0 atom stereocenters. The molecular formula is C14H10O4S. The summed E-state index contributed by atoms with van der Waals surface area (Å²) in [6.45, 7) is 0. The van der Waals surface area contributed by atoms with Crippen molar-refractivity contribution in [2.45, 2.75) is 0 Å². The molecule has 96 valence electrons.